The van der Waals surface area contributed by atoms with Crippen LogP contribution >= 0.6 is 0 Å². The topological polar surface area (TPSA) is 131 Å². The Morgan fingerprint density at radius 2 is 1.84 bits per heavy atom. The third-order valence-corrected chi connectivity index (χ3v) is 1.70. The van der Waals surface area contributed by atoms with Gasteiger partial charge in [-0.1, -0.05) is 0 Å². The molecule has 0 rings (SSSR count). The number of amides is 3. The first kappa shape index (κ1) is 16.8. The molecule has 19 heavy (non-hydrogen) atoms. The van der Waals surface area contributed by atoms with Gasteiger partial charge in [0.1, 0.15) is 19.3 Å². The van der Waals surface area contributed by atoms with Crippen LogP contribution in [0.25, 0.3) is 0 Å². The maximum Gasteiger partial charge on any atom is 0.329 e. The molecule has 1 unspecified atom stereocenters. The molecule has 3 N–H and O–H groups in total. The van der Waals surface area contributed by atoms with E-state index in [9.17, 15) is 19.2 Å². The number of ether oxygens (including phenoxy) is 2. The van der Waals surface area contributed by atoms with E-state index in [1.54, 1.807) is 6.92 Å². The molecular formula is C10H16N2O7. The zero-order valence-corrected chi connectivity index (χ0v) is 10.6. The number of carboxylic acids is 1. The average molecular weight is 276 g/mol. The molecular weight excluding hydrogens is 260 g/mol. The van der Waals surface area contributed by atoms with Crippen molar-refractivity contribution in [2.75, 3.05) is 19.8 Å². The smallest absolute Gasteiger partial charge is 0.329 e. The Bertz CT molecular complexity index is 356. The first-order valence-corrected chi connectivity index (χ1v) is 5.43. The molecule has 0 aliphatic carbocycles. The fraction of sp³-hybridized carbons (Fsp3) is 0.600. The molecule has 9 heteroatoms. The molecule has 0 aromatic heterocycles. The van der Waals surface area contributed by atoms with Gasteiger partial charge in [0.2, 0.25) is 0 Å². The lowest BCUT2D eigenvalue weighted by Crippen LogP contribution is -2.47. The molecule has 0 aliphatic rings. The number of hydrogen-bond acceptors (Lipinski definition) is 6. The number of esters is 1. The second kappa shape index (κ2) is 8.86. The summed E-state index contributed by atoms with van der Waals surface area (Å²) in [7, 11) is 0. The minimum atomic E-state index is -1.23. The molecule has 0 heterocycles. The predicted octanol–water partition coefficient (Wildman–Crippen LogP) is -1.13. The van der Waals surface area contributed by atoms with Crippen molar-refractivity contribution in [3.05, 3.63) is 0 Å². The van der Waals surface area contributed by atoms with Crippen molar-refractivity contribution in [1.82, 2.24) is 10.6 Å². The van der Waals surface area contributed by atoms with Gasteiger partial charge in [-0.2, -0.15) is 0 Å². The highest BCUT2D eigenvalue weighted by Gasteiger charge is 2.17. The number of nitrogens with one attached hydrogen (secondary N) is 2. The van der Waals surface area contributed by atoms with Gasteiger partial charge in [0.05, 0.1) is 6.61 Å². The molecule has 1 atom stereocenters. The largest absolute Gasteiger partial charge is 0.480 e. The zero-order valence-electron chi connectivity index (χ0n) is 10.6. The van der Waals surface area contributed by atoms with Gasteiger partial charge in [0.25, 0.3) is 5.91 Å². The molecule has 0 saturated carbocycles. The van der Waals surface area contributed by atoms with Crippen LogP contribution in [0.4, 0.5) is 4.79 Å². The third kappa shape index (κ3) is 8.55. The number of imide groups is 1. The van der Waals surface area contributed by atoms with E-state index in [2.05, 4.69) is 14.8 Å². The third-order valence-electron chi connectivity index (χ3n) is 1.70. The molecule has 0 radical (unpaired) electrons. The predicted molar refractivity (Wildman–Crippen MR) is 61.2 cm³/mol. The van der Waals surface area contributed by atoms with Gasteiger partial charge < -0.3 is 19.9 Å². The molecule has 0 aliphatic heterocycles. The molecule has 108 valence electrons. The number of carbonyl (C=O) groups excluding carboxylic acids is 3. The highest BCUT2D eigenvalue weighted by Crippen LogP contribution is 1.87. The van der Waals surface area contributed by atoms with Gasteiger partial charge >= 0.3 is 18.0 Å². The summed E-state index contributed by atoms with van der Waals surface area (Å²) in [6.45, 7) is 1.97. The molecule has 0 aromatic carbocycles. The summed E-state index contributed by atoms with van der Waals surface area (Å²) >= 11 is 0. The highest BCUT2D eigenvalue weighted by atomic mass is 16.5. The van der Waals surface area contributed by atoms with Crippen LogP contribution in [0.1, 0.15) is 13.8 Å². The normalized spacial score (nSPS) is 11.3. The van der Waals surface area contributed by atoms with E-state index in [1.807, 2.05) is 5.32 Å². The van der Waals surface area contributed by atoms with Crippen molar-refractivity contribution in [3.63, 3.8) is 0 Å². The number of urea groups is 1. The Morgan fingerprint density at radius 3 is 2.37 bits per heavy atom. The Balaban J connectivity index is 3.93. The Kier molecular flexibility index (Phi) is 7.85. The lowest BCUT2D eigenvalue weighted by molar-refractivity contribution is -0.145. The summed E-state index contributed by atoms with van der Waals surface area (Å²) in [4.78, 5) is 43.6. The fourth-order valence-corrected chi connectivity index (χ4v) is 0.953. The number of rotatable bonds is 7. The van der Waals surface area contributed by atoms with E-state index in [1.165, 1.54) is 6.92 Å². The van der Waals surface area contributed by atoms with Crippen molar-refractivity contribution >= 4 is 23.9 Å². The maximum atomic E-state index is 11.2. The molecule has 0 fully saturated rings. The van der Waals surface area contributed by atoms with Crippen LogP contribution in [0.15, 0.2) is 0 Å². The summed E-state index contributed by atoms with van der Waals surface area (Å²) in [6, 6.07) is -1.81. The average Bonchev–Trinajstić information content (AvgIpc) is 2.28. The SMILES string of the molecule is CCOC(=O)C(C)NC(=O)NC(=O)COCC(=O)O. The van der Waals surface area contributed by atoms with Crippen LogP contribution in [0.5, 0.6) is 0 Å². The van der Waals surface area contributed by atoms with Crippen LogP contribution in [0.3, 0.4) is 0 Å². The van der Waals surface area contributed by atoms with Crippen LogP contribution < -0.4 is 10.6 Å². The molecule has 0 saturated heterocycles. The van der Waals surface area contributed by atoms with Gasteiger partial charge in [-0.15, -0.1) is 0 Å². The summed E-state index contributed by atoms with van der Waals surface area (Å²) in [5.74, 6) is -2.68. The van der Waals surface area contributed by atoms with E-state index in [0.29, 0.717) is 0 Å². The van der Waals surface area contributed by atoms with Crippen LogP contribution in [0, 0.1) is 0 Å². The highest BCUT2D eigenvalue weighted by molar-refractivity contribution is 5.96. The lowest BCUT2D eigenvalue weighted by Gasteiger charge is -2.12. The molecule has 0 aromatic rings. The second-order valence-electron chi connectivity index (χ2n) is 3.38. The van der Waals surface area contributed by atoms with Gasteiger partial charge in [-0.25, -0.2) is 14.4 Å². The first-order chi connectivity index (χ1) is 8.86. The van der Waals surface area contributed by atoms with Gasteiger partial charge in [-0.3, -0.25) is 10.1 Å². The van der Waals surface area contributed by atoms with Crippen LogP contribution in [0.2, 0.25) is 0 Å². The van der Waals surface area contributed by atoms with E-state index in [-0.39, 0.29) is 6.61 Å². The minimum absolute atomic E-state index is 0.175. The number of carbonyl (C=O) groups is 4. The Hall–Kier alpha value is -2.16. The lowest BCUT2D eigenvalue weighted by atomic mass is 10.3. The standard InChI is InChI=1S/C10H16N2O7/c1-3-19-9(16)6(2)11-10(17)12-7(13)4-18-5-8(14)15/h6H,3-5H2,1-2H3,(H,14,15)(H2,11,12,13,17). The van der Waals surface area contributed by atoms with Gasteiger partial charge in [-0.05, 0) is 13.8 Å². The van der Waals surface area contributed by atoms with Crippen molar-refractivity contribution in [3.8, 4) is 0 Å². The van der Waals surface area contributed by atoms with E-state index in [4.69, 9.17) is 5.11 Å². The fourth-order valence-electron chi connectivity index (χ4n) is 0.953. The van der Waals surface area contributed by atoms with Crippen LogP contribution in [-0.4, -0.2) is 54.8 Å². The molecule has 3 amide bonds. The van der Waals surface area contributed by atoms with E-state index >= 15 is 0 Å². The maximum absolute atomic E-state index is 11.2. The molecule has 9 nitrogen and oxygen atoms in total. The quantitative estimate of drug-likeness (QED) is 0.501. The summed E-state index contributed by atoms with van der Waals surface area (Å²) in [5.41, 5.74) is 0. The van der Waals surface area contributed by atoms with E-state index in [0.717, 1.165) is 0 Å². The molecule has 0 spiro atoms. The Morgan fingerprint density at radius 1 is 1.21 bits per heavy atom. The summed E-state index contributed by atoms with van der Waals surface area (Å²) in [5, 5.41) is 12.3. The first-order valence-electron chi connectivity index (χ1n) is 5.43. The number of hydrogen-bond donors (Lipinski definition) is 3. The monoisotopic (exact) mass is 276 g/mol. The van der Waals surface area contributed by atoms with Crippen molar-refractivity contribution in [2.24, 2.45) is 0 Å². The second-order valence-corrected chi connectivity index (χ2v) is 3.38. The Labute approximate surface area is 109 Å². The van der Waals surface area contributed by atoms with Crippen molar-refractivity contribution in [2.45, 2.75) is 19.9 Å². The number of carboxylic acid groups (broad SMARTS) is 1. The minimum Gasteiger partial charge on any atom is -0.480 e. The molecule has 0 bridgehead atoms. The zero-order chi connectivity index (χ0) is 14.8. The van der Waals surface area contributed by atoms with Gasteiger partial charge in [0.15, 0.2) is 0 Å². The summed E-state index contributed by atoms with van der Waals surface area (Å²) < 4.78 is 9.11. The van der Waals surface area contributed by atoms with Crippen LogP contribution in [-0.2, 0) is 23.9 Å². The van der Waals surface area contributed by atoms with Crippen molar-refractivity contribution in [1.29, 1.82) is 0 Å². The number of aliphatic carboxylic acids is 1. The van der Waals surface area contributed by atoms with Gasteiger partial charge in [0, 0.05) is 0 Å². The summed E-state index contributed by atoms with van der Waals surface area (Å²) in [6.07, 6.45) is 0. The van der Waals surface area contributed by atoms with E-state index < -0.39 is 43.1 Å². The van der Waals surface area contributed by atoms with Crippen molar-refractivity contribution < 1.29 is 33.8 Å².